The van der Waals surface area contributed by atoms with Crippen LogP contribution in [0.15, 0.2) is 54.9 Å². The summed E-state index contributed by atoms with van der Waals surface area (Å²) in [6.07, 6.45) is 3.52. The molecule has 6 nitrogen and oxygen atoms in total. The zero-order chi connectivity index (χ0) is 22.8. The maximum absolute atomic E-state index is 15.1. The van der Waals surface area contributed by atoms with Gasteiger partial charge in [-0.2, -0.15) is 0 Å². The van der Waals surface area contributed by atoms with Crippen LogP contribution in [0.1, 0.15) is 29.3 Å². The van der Waals surface area contributed by atoms with Crippen LogP contribution in [0.3, 0.4) is 0 Å². The lowest BCUT2D eigenvalue weighted by molar-refractivity contribution is 0.103. The molecule has 0 radical (unpaired) electrons. The minimum atomic E-state index is -1.56. The van der Waals surface area contributed by atoms with Crippen LogP contribution in [0.4, 0.5) is 14.5 Å². The molecule has 2 aromatic heterocycles. The van der Waals surface area contributed by atoms with E-state index in [0.29, 0.717) is 28.6 Å². The predicted octanol–water partition coefficient (Wildman–Crippen LogP) is 4.93. The predicted molar refractivity (Wildman–Crippen MR) is 120 cm³/mol. The molecule has 0 bridgehead atoms. The van der Waals surface area contributed by atoms with E-state index in [2.05, 4.69) is 14.7 Å². The number of ketones is 1. The number of carbonyl (C=O) groups excluding carboxylic acids is 1. The lowest BCUT2D eigenvalue weighted by atomic mass is 10.00. The van der Waals surface area contributed by atoms with Gasteiger partial charge in [0.1, 0.15) is 28.2 Å². The molecule has 1 unspecified atom stereocenters. The Morgan fingerprint density at radius 1 is 1.19 bits per heavy atom. The lowest BCUT2D eigenvalue weighted by Gasteiger charge is -2.10. The molecule has 0 spiro atoms. The number of fused-ring (bicyclic) bond motifs is 1. The summed E-state index contributed by atoms with van der Waals surface area (Å²) < 4.78 is 44.0. The number of phenols is 1. The average molecular weight is 455 g/mol. The molecule has 0 saturated heterocycles. The van der Waals surface area contributed by atoms with Crippen molar-refractivity contribution in [3.8, 4) is 16.9 Å². The van der Waals surface area contributed by atoms with Crippen molar-refractivity contribution in [3.05, 3.63) is 77.6 Å². The second-order valence-electron chi connectivity index (χ2n) is 7.14. The highest BCUT2D eigenvalue weighted by Gasteiger charge is 2.25. The molecule has 2 heterocycles. The van der Waals surface area contributed by atoms with E-state index in [1.54, 1.807) is 30.5 Å². The van der Waals surface area contributed by atoms with Crippen molar-refractivity contribution in [3.63, 3.8) is 0 Å². The summed E-state index contributed by atoms with van der Waals surface area (Å²) in [7, 11) is -1.56. The standard InChI is InChI=1S/C23H19F2N3O3S/c1-2-8-32(31)28-19-7-6-18(24)20(21(19)25)22(30)17-12-27-23-16(17)10-14(11-26-23)13-4-3-5-15(29)9-13/h3-7,9-12,28-29H,2,8H2,1H3,(H,26,27). The number of hydrogen-bond acceptors (Lipinski definition) is 4. The highest BCUT2D eigenvalue weighted by molar-refractivity contribution is 7.86. The SMILES string of the molecule is CCCS(=O)Nc1ccc(F)c(C(=O)c2c[nH]c3ncc(-c4cccc(O)c4)cc23)c1F. The first-order valence-electron chi connectivity index (χ1n) is 9.83. The Hall–Kier alpha value is -3.59. The Kier molecular flexibility index (Phi) is 6.00. The number of aromatic hydroxyl groups is 1. The van der Waals surface area contributed by atoms with E-state index in [0.717, 1.165) is 12.1 Å². The quantitative estimate of drug-likeness (QED) is 0.344. The summed E-state index contributed by atoms with van der Waals surface area (Å²) in [5.74, 6) is -2.64. The highest BCUT2D eigenvalue weighted by Crippen LogP contribution is 2.30. The molecule has 32 heavy (non-hydrogen) atoms. The molecule has 9 heteroatoms. The number of aromatic nitrogens is 2. The van der Waals surface area contributed by atoms with Crippen LogP contribution in [0, 0.1) is 11.6 Å². The van der Waals surface area contributed by atoms with Gasteiger partial charge in [0.15, 0.2) is 5.82 Å². The third-order valence-electron chi connectivity index (χ3n) is 4.89. The number of pyridine rings is 1. The van der Waals surface area contributed by atoms with E-state index in [-0.39, 0.29) is 22.8 Å². The summed E-state index contributed by atoms with van der Waals surface area (Å²) in [5, 5.41) is 10.1. The summed E-state index contributed by atoms with van der Waals surface area (Å²) in [4.78, 5) is 20.3. The maximum atomic E-state index is 15.1. The van der Waals surface area contributed by atoms with Gasteiger partial charge in [-0.15, -0.1) is 0 Å². The number of halogens is 2. The minimum absolute atomic E-state index is 0.0409. The van der Waals surface area contributed by atoms with Gasteiger partial charge in [-0.25, -0.2) is 18.0 Å². The van der Waals surface area contributed by atoms with Crippen LogP contribution in [0.25, 0.3) is 22.2 Å². The Morgan fingerprint density at radius 3 is 2.75 bits per heavy atom. The topological polar surface area (TPSA) is 95.1 Å². The number of rotatable bonds is 7. The second-order valence-corrected chi connectivity index (χ2v) is 8.44. The number of nitrogens with zero attached hydrogens (tertiary/aromatic N) is 1. The van der Waals surface area contributed by atoms with Crippen molar-refractivity contribution in [1.29, 1.82) is 0 Å². The fourth-order valence-corrected chi connectivity index (χ4v) is 4.24. The van der Waals surface area contributed by atoms with E-state index >= 15 is 4.39 Å². The Bertz CT molecular complexity index is 1350. The minimum Gasteiger partial charge on any atom is -0.508 e. The largest absolute Gasteiger partial charge is 0.508 e. The molecule has 0 fully saturated rings. The summed E-state index contributed by atoms with van der Waals surface area (Å²) in [6, 6.07) is 10.3. The van der Waals surface area contributed by atoms with Gasteiger partial charge in [-0.1, -0.05) is 19.1 Å². The zero-order valence-electron chi connectivity index (χ0n) is 17.0. The van der Waals surface area contributed by atoms with Crippen LogP contribution >= 0.6 is 0 Å². The molecule has 164 valence electrons. The molecule has 0 aliphatic carbocycles. The molecular formula is C23H19F2N3O3S. The van der Waals surface area contributed by atoms with Crippen LogP contribution in [-0.4, -0.2) is 30.8 Å². The molecule has 0 saturated carbocycles. The van der Waals surface area contributed by atoms with Crippen LogP contribution in [0.5, 0.6) is 5.75 Å². The van der Waals surface area contributed by atoms with Gasteiger partial charge in [0.05, 0.1) is 11.3 Å². The van der Waals surface area contributed by atoms with E-state index in [1.807, 2.05) is 6.92 Å². The fraction of sp³-hybridized carbons (Fsp3) is 0.130. The second kappa shape index (κ2) is 8.88. The summed E-state index contributed by atoms with van der Waals surface area (Å²) in [6.45, 7) is 1.83. The molecule has 4 aromatic rings. The van der Waals surface area contributed by atoms with Crippen molar-refractivity contribution in [2.45, 2.75) is 13.3 Å². The molecule has 1 atom stereocenters. The van der Waals surface area contributed by atoms with Gasteiger partial charge < -0.3 is 14.8 Å². The Labute approximate surface area is 184 Å². The number of benzene rings is 2. The Morgan fingerprint density at radius 2 is 2.00 bits per heavy atom. The van der Waals surface area contributed by atoms with Crippen molar-refractivity contribution >= 4 is 33.5 Å². The van der Waals surface area contributed by atoms with Crippen molar-refractivity contribution in [2.75, 3.05) is 10.5 Å². The smallest absolute Gasteiger partial charge is 0.201 e. The number of carbonyl (C=O) groups is 1. The zero-order valence-corrected chi connectivity index (χ0v) is 17.8. The van der Waals surface area contributed by atoms with Gasteiger partial charge in [-0.3, -0.25) is 4.79 Å². The van der Waals surface area contributed by atoms with E-state index in [9.17, 15) is 18.5 Å². The number of aromatic amines is 1. The van der Waals surface area contributed by atoms with Crippen molar-refractivity contribution in [2.24, 2.45) is 0 Å². The van der Waals surface area contributed by atoms with Gasteiger partial charge in [-0.05, 0) is 42.3 Å². The van der Waals surface area contributed by atoms with Crippen LogP contribution in [-0.2, 0) is 11.0 Å². The number of hydrogen-bond donors (Lipinski definition) is 3. The molecule has 2 aromatic carbocycles. The molecule has 4 rings (SSSR count). The summed E-state index contributed by atoms with van der Waals surface area (Å²) >= 11 is 0. The van der Waals surface area contributed by atoms with E-state index in [4.69, 9.17) is 0 Å². The molecular weight excluding hydrogens is 436 g/mol. The van der Waals surface area contributed by atoms with Gasteiger partial charge >= 0.3 is 0 Å². The first kappa shape index (κ1) is 21.6. The normalized spacial score (nSPS) is 12.1. The third-order valence-corrected chi connectivity index (χ3v) is 6.11. The van der Waals surface area contributed by atoms with Crippen molar-refractivity contribution < 1.29 is 22.9 Å². The van der Waals surface area contributed by atoms with E-state index in [1.165, 1.54) is 12.3 Å². The monoisotopic (exact) mass is 455 g/mol. The van der Waals surface area contributed by atoms with Crippen molar-refractivity contribution in [1.82, 2.24) is 9.97 Å². The molecule has 3 N–H and O–H groups in total. The average Bonchev–Trinajstić information content (AvgIpc) is 3.19. The first-order chi connectivity index (χ1) is 15.4. The fourth-order valence-electron chi connectivity index (χ4n) is 3.37. The number of phenolic OH excluding ortho intramolecular Hbond substituents is 1. The maximum Gasteiger partial charge on any atom is 0.201 e. The van der Waals surface area contributed by atoms with Gasteiger partial charge in [0.2, 0.25) is 5.78 Å². The first-order valence-corrected chi connectivity index (χ1v) is 11.1. The molecule has 0 amide bonds. The van der Waals surface area contributed by atoms with Gasteiger partial charge in [0.25, 0.3) is 0 Å². The Balaban J connectivity index is 1.77. The third kappa shape index (κ3) is 4.11. The van der Waals surface area contributed by atoms with E-state index < -0.39 is 34.0 Å². The lowest BCUT2D eigenvalue weighted by Crippen LogP contribution is -2.13. The number of H-pyrrole nitrogens is 1. The highest BCUT2D eigenvalue weighted by atomic mass is 32.2. The molecule has 0 aliphatic rings. The van der Waals surface area contributed by atoms with Gasteiger partial charge in [0, 0.05) is 34.7 Å². The number of anilines is 1. The summed E-state index contributed by atoms with van der Waals surface area (Å²) in [5.41, 5.74) is 0.747. The molecule has 0 aliphatic heterocycles. The van der Waals surface area contributed by atoms with Crippen LogP contribution < -0.4 is 4.72 Å². The number of nitrogens with one attached hydrogen (secondary N) is 2. The van der Waals surface area contributed by atoms with Crippen LogP contribution in [0.2, 0.25) is 0 Å².